The average molecular weight is 408 g/mol. The lowest BCUT2D eigenvalue weighted by Gasteiger charge is -2.38. The minimum absolute atomic E-state index is 0. The summed E-state index contributed by atoms with van der Waals surface area (Å²) < 4.78 is 44.1. The predicted octanol–water partition coefficient (Wildman–Crippen LogP) is 4.38. The molecule has 0 aliphatic carbocycles. The van der Waals surface area contributed by atoms with Crippen LogP contribution in [0.25, 0.3) is 0 Å². The largest absolute Gasteiger partial charge is 0.433 e. The van der Waals surface area contributed by atoms with Gasteiger partial charge in [-0.05, 0) is 51.7 Å². The van der Waals surface area contributed by atoms with Crippen LogP contribution in [-0.4, -0.2) is 54.3 Å². The second kappa shape index (κ2) is 9.43. The summed E-state index contributed by atoms with van der Waals surface area (Å²) in [6.45, 7) is 8.24. The van der Waals surface area contributed by atoms with E-state index in [9.17, 15) is 13.2 Å². The van der Waals surface area contributed by atoms with Gasteiger partial charge in [0.25, 0.3) is 0 Å². The minimum atomic E-state index is -4.38. The monoisotopic (exact) mass is 407 g/mol. The molecule has 3 rings (SSSR count). The van der Waals surface area contributed by atoms with E-state index in [4.69, 9.17) is 4.74 Å². The van der Waals surface area contributed by atoms with Gasteiger partial charge in [0.15, 0.2) is 0 Å². The molecule has 0 N–H and O–H groups in total. The summed E-state index contributed by atoms with van der Waals surface area (Å²) in [5.74, 6) is 0. The lowest BCUT2D eigenvalue weighted by atomic mass is 10.0. The van der Waals surface area contributed by atoms with Gasteiger partial charge in [0.05, 0.1) is 24.1 Å². The molecule has 4 nitrogen and oxygen atoms in total. The molecule has 0 bridgehead atoms. The quantitative estimate of drug-likeness (QED) is 0.740. The van der Waals surface area contributed by atoms with Crippen LogP contribution in [0.1, 0.15) is 45.2 Å². The second-order valence-corrected chi connectivity index (χ2v) is 7.55. The number of anilines is 1. The third kappa shape index (κ3) is 5.96. The Kier molecular flexibility index (Phi) is 7.77. The number of nitrogens with zero attached hydrogens (tertiary/aromatic N) is 3. The van der Waals surface area contributed by atoms with Crippen molar-refractivity contribution >= 4 is 18.1 Å². The van der Waals surface area contributed by atoms with Gasteiger partial charge in [-0.15, -0.1) is 12.4 Å². The van der Waals surface area contributed by atoms with E-state index in [-0.39, 0.29) is 18.5 Å². The Balaban J connectivity index is 0.00000261. The Morgan fingerprint density at radius 3 is 2.00 bits per heavy atom. The zero-order chi connectivity index (χ0) is 18.7. The van der Waals surface area contributed by atoms with Crippen LogP contribution >= 0.6 is 12.4 Å². The maximum Gasteiger partial charge on any atom is 0.433 e. The van der Waals surface area contributed by atoms with Crippen LogP contribution in [0.15, 0.2) is 18.3 Å². The number of likely N-dealkylation sites (tertiary alicyclic amines) is 1. The Labute approximate surface area is 165 Å². The summed E-state index contributed by atoms with van der Waals surface area (Å²) in [5.41, 5.74) is -0.0890. The topological polar surface area (TPSA) is 28.6 Å². The Bertz CT molecular complexity index is 567. The van der Waals surface area contributed by atoms with E-state index in [1.54, 1.807) is 0 Å². The summed E-state index contributed by atoms with van der Waals surface area (Å²) >= 11 is 0. The fraction of sp³-hybridized carbons (Fsp3) is 0.737. The summed E-state index contributed by atoms with van der Waals surface area (Å²) in [5, 5.41) is 0. The lowest BCUT2D eigenvalue weighted by Crippen LogP contribution is -2.43. The van der Waals surface area contributed by atoms with Gasteiger partial charge in [-0.2, -0.15) is 13.2 Å². The summed E-state index contributed by atoms with van der Waals surface area (Å²) in [4.78, 5) is 8.13. The predicted molar refractivity (Wildman–Crippen MR) is 103 cm³/mol. The van der Waals surface area contributed by atoms with Gasteiger partial charge in [-0.25, -0.2) is 4.98 Å². The first-order chi connectivity index (χ1) is 12.3. The van der Waals surface area contributed by atoms with Crippen molar-refractivity contribution in [2.24, 2.45) is 0 Å². The van der Waals surface area contributed by atoms with Crippen molar-refractivity contribution in [3.05, 3.63) is 24.0 Å². The van der Waals surface area contributed by atoms with Gasteiger partial charge in [-0.1, -0.05) is 0 Å². The molecule has 2 aliphatic heterocycles. The van der Waals surface area contributed by atoms with Gasteiger partial charge in [0.2, 0.25) is 0 Å². The number of hydrogen-bond donors (Lipinski definition) is 0. The average Bonchev–Trinajstić information content (AvgIpc) is 2.62. The Morgan fingerprint density at radius 2 is 1.56 bits per heavy atom. The molecule has 0 amide bonds. The second-order valence-electron chi connectivity index (χ2n) is 7.55. The lowest BCUT2D eigenvalue weighted by molar-refractivity contribution is -0.141. The van der Waals surface area contributed by atoms with Crippen molar-refractivity contribution in [3.63, 3.8) is 0 Å². The van der Waals surface area contributed by atoms with E-state index in [1.807, 2.05) is 0 Å². The van der Waals surface area contributed by atoms with Gasteiger partial charge < -0.3 is 14.5 Å². The first kappa shape index (κ1) is 22.2. The van der Waals surface area contributed by atoms with Crippen LogP contribution in [-0.2, 0) is 10.9 Å². The maximum atomic E-state index is 12.6. The summed E-state index contributed by atoms with van der Waals surface area (Å²) in [6, 6.07) is 3.16. The highest BCUT2D eigenvalue weighted by molar-refractivity contribution is 5.85. The Hall–Kier alpha value is -1.05. The molecule has 0 radical (unpaired) electrons. The fourth-order valence-electron chi connectivity index (χ4n) is 3.79. The molecule has 0 saturated carbocycles. The SMILES string of the molecule is CC(C)N1CCC(OC2CCN(c3ccc(C(F)(F)F)nc3)CC2)CC1.Cl. The van der Waals surface area contributed by atoms with Crippen LogP contribution in [0.3, 0.4) is 0 Å². The highest BCUT2D eigenvalue weighted by Gasteiger charge is 2.32. The van der Waals surface area contributed by atoms with Crippen LogP contribution < -0.4 is 4.90 Å². The number of piperidine rings is 2. The van der Waals surface area contributed by atoms with Gasteiger partial charge in [-0.3, -0.25) is 0 Å². The summed E-state index contributed by atoms with van der Waals surface area (Å²) in [7, 11) is 0. The van der Waals surface area contributed by atoms with E-state index < -0.39 is 11.9 Å². The van der Waals surface area contributed by atoms with E-state index >= 15 is 0 Å². The van der Waals surface area contributed by atoms with Crippen molar-refractivity contribution in [2.75, 3.05) is 31.1 Å². The van der Waals surface area contributed by atoms with E-state index in [2.05, 4.69) is 28.6 Å². The molecule has 0 atom stereocenters. The smallest absolute Gasteiger partial charge is 0.375 e. The van der Waals surface area contributed by atoms with E-state index in [0.29, 0.717) is 12.1 Å². The molecular weight excluding hydrogens is 379 g/mol. The van der Waals surface area contributed by atoms with Crippen molar-refractivity contribution in [2.45, 2.75) is 64.0 Å². The molecule has 0 spiro atoms. The molecule has 0 unspecified atom stereocenters. The maximum absolute atomic E-state index is 12.6. The van der Waals surface area contributed by atoms with Crippen LogP contribution in [0.5, 0.6) is 0 Å². The fourth-order valence-corrected chi connectivity index (χ4v) is 3.79. The van der Waals surface area contributed by atoms with Gasteiger partial charge >= 0.3 is 6.18 Å². The molecule has 27 heavy (non-hydrogen) atoms. The van der Waals surface area contributed by atoms with Crippen molar-refractivity contribution < 1.29 is 17.9 Å². The zero-order valence-corrected chi connectivity index (χ0v) is 16.7. The van der Waals surface area contributed by atoms with Gasteiger partial charge in [0, 0.05) is 32.2 Å². The molecular formula is C19H29ClF3N3O. The first-order valence-electron chi connectivity index (χ1n) is 9.50. The number of ether oxygens (including phenoxy) is 1. The molecule has 1 aromatic rings. The van der Waals surface area contributed by atoms with Crippen molar-refractivity contribution in [1.82, 2.24) is 9.88 Å². The molecule has 8 heteroatoms. The molecule has 2 aliphatic rings. The van der Waals surface area contributed by atoms with Crippen molar-refractivity contribution in [3.8, 4) is 0 Å². The zero-order valence-electron chi connectivity index (χ0n) is 15.9. The highest BCUT2D eigenvalue weighted by atomic mass is 35.5. The Morgan fingerprint density at radius 1 is 1.00 bits per heavy atom. The number of rotatable bonds is 4. The highest BCUT2D eigenvalue weighted by Crippen LogP contribution is 2.29. The molecule has 154 valence electrons. The molecule has 3 heterocycles. The normalized spacial score (nSPS) is 20.7. The summed E-state index contributed by atoms with van der Waals surface area (Å²) in [6.07, 6.45) is 1.52. The molecule has 0 aromatic carbocycles. The number of halogens is 4. The van der Waals surface area contributed by atoms with Crippen LogP contribution in [0.2, 0.25) is 0 Å². The number of pyridine rings is 1. The van der Waals surface area contributed by atoms with E-state index in [0.717, 1.165) is 63.6 Å². The standard InChI is InChI=1S/C19H28F3N3O.ClH/c1-14(2)24-9-5-16(6-10-24)26-17-7-11-25(12-8-17)15-3-4-18(23-13-15)19(20,21)22;/h3-4,13-14,16-17H,5-12H2,1-2H3;1H. The number of hydrogen-bond acceptors (Lipinski definition) is 4. The molecule has 2 saturated heterocycles. The number of alkyl halides is 3. The number of aromatic nitrogens is 1. The van der Waals surface area contributed by atoms with Gasteiger partial charge in [0.1, 0.15) is 5.69 Å². The van der Waals surface area contributed by atoms with Crippen LogP contribution in [0.4, 0.5) is 18.9 Å². The first-order valence-corrected chi connectivity index (χ1v) is 9.50. The van der Waals surface area contributed by atoms with Crippen molar-refractivity contribution in [1.29, 1.82) is 0 Å². The van der Waals surface area contributed by atoms with Crippen LogP contribution in [0, 0.1) is 0 Å². The third-order valence-corrected chi connectivity index (χ3v) is 5.44. The third-order valence-electron chi connectivity index (χ3n) is 5.44. The molecule has 1 aromatic heterocycles. The molecule has 2 fully saturated rings. The minimum Gasteiger partial charge on any atom is -0.375 e. The van der Waals surface area contributed by atoms with E-state index in [1.165, 1.54) is 12.3 Å².